The minimum Gasteiger partial charge on any atom is -0.395 e. The van der Waals surface area contributed by atoms with E-state index in [1.807, 2.05) is 35.8 Å². The van der Waals surface area contributed by atoms with E-state index in [1.54, 1.807) is 11.1 Å². The SMILES string of the molecule is CCCCCCCCCCCCNC(=O)N1CCn2c(C(=O)Nc3ccc(N(CC)CCO)cc3)cnc2C1. The molecule has 0 radical (unpaired) electrons. The van der Waals surface area contributed by atoms with E-state index in [9.17, 15) is 14.7 Å². The smallest absolute Gasteiger partial charge is 0.317 e. The van der Waals surface area contributed by atoms with Gasteiger partial charge in [-0.3, -0.25) is 4.79 Å². The molecule has 3 N–H and O–H groups in total. The predicted molar refractivity (Wildman–Crippen MR) is 157 cm³/mol. The van der Waals surface area contributed by atoms with E-state index in [0.29, 0.717) is 44.1 Å². The molecule has 0 unspecified atom stereocenters. The number of benzene rings is 1. The lowest BCUT2D eigenvalue weighted by Gasteiger charge is -2.28. The Hall–Kier alpha value is -3.07. The quantitative estimate of drug-likeness (QED) is 0.233. The van der Waals surface area contributed by atoms with Crippen LogP contribution in [0.1, 0.15) is 94.4 Å². The van der Waals surface area contributed by atoms with Gasteiger partial charge in [0.15, 0.2) is 0 Å². The van der Waals surface area contributed by atoms with E-state index < -0.39 is 0 Å². The minimum absolute atomic E-state index is 0.0615. The van der Waals surface area contributed by atoms with Crippen molar-refractivity contribution in [2.24, 2.45) is 0 Å². The number of amides is 3. The molecule has 216 valence electrons. The van der Waals surface area contributed by atoms with E-state index in [1.165, 1.54) is 51.4 Å². The van der Waals surface area contributed by atoms with Gasteiger partial charge in [0.25, 0.3) is 5.91 Å². The second kappa shape index (κ2) is 16.8. The average molecular weight is 541 g/mol. The van der Waals surface area contributed by atoms with Crippen molar-refractivity contribution in [2.75, 3.05) is 43.0 Å². The number of nitrogens with zero attached hydrogens (tertiary/aromatic N) is 4. The van der Waals surface area contributed by atoms with E-state index >= 15 is 0 Å². The van der Waals surface area contributed by atoms with E-state index in [0.717, 1.165) is 30.9 Å². The Bertz CT molecular complexity index is 1010. The van der Waals surface area contributed by atoms with Gasteiger partial charge in [-0.05, 0) is 37.6 Å². The van der Waals surface area contributed by atoms with Gasteiger partial charge in [-0.15, -0.1) is 0 Å². The van der Waals surface area contributed by atoms with Gasteiger partial charge in [0.05, 0.1) is 19.3 Å². The summed E-state index contributed by atoms with van der Waals surface area (Å²) in [6.45, 7) is 7.91. The lowest BCUT2D eigenvalue weighted by Crippen LogP contribution is -2.45. The van der Waals surface area contributed by atoms with Crippen molar-refractivity contribution in [3.05, 3.63) is 42.0 Å². The minimum atomic E-state index is -0.219. The van der Waals surface area contributed by atoms with E-state index in [-0.39, 0.29) is 18.5 Å². The van der Waals surface area contributed by atoms with Gasteiger partial charge >= 0.3 is 6.03 Å². The zero-order valence-corrected chi connectivity index (χ0v) is 24.0. The number of urea groups is 1. The molecule has 0 saturated carbocycles. The molecule has 1 aromatic carbocycles. The van der Waals surface area contributed by atoms with Gasteiger partial charge in [-0.2, -0.15) is 0 Å². The highest BCUT2D eigenvalue weighted by Crippen LogP contribution is 2.20. The summed E-state index contributed by atoms with van der Waals surface area (Å²) in [5, 5.41) is 15.2. The monoisotopic (exact) mass is 540 g/mol. The first-order chi connectivity index (χ1) is 19.1. The number of hydrogen-bond acceptors (Lipinski definition) is 5. The summed E-state index contributed by atoms with van der Waals surface area (Å²) in [5.74, 6) is 0.501. The highest BCUT2D eigenvalue weighted by molar-refractivity contribution is 6.03. The Balaban J connectivity index is 1.38. The third-order valence-corrected chi connectivity index (χ3v) is 7.43. The number of carbonyl (C=O) groups is 2. The van der Waals surface area contributed by atoms with Crippen molar-refractivity contribution in [1.29, 1.82) is 0 Å². The third-order valence-electron chi connectivity index (χ3n) is 7.43. The van der Waals surface area contributed by atoms with Crippen LogP contribution in [-0.4, -0.2) is 64.3 Å². The maximum Gasteiger partial charge on any atom is 0.317 e. The molecule has 0 saturated heterocycles. The number of carbonyl (C=O) groups excluding carboxylic acids is 2. The van der Waals surface area contributed by atoms with Gasteiger partial charge in [0.1, 0.15) is 11.5 Å². The molecule has 1 aliphatic heterocycles. The van der Waals surface area contributed by atoms with Crippen LogP contribution < -0.4 is 15.5 Å². The number of rotatable bonds is 17. The number of aliphatic hydroxyl groups excluding tert-OH is 1. The highest BCUT2D eigenvalue weighted by atomic mass is 16.3. The highest BCUT2D eigenvalue weighted by Gasteiger charge is 2.25. The fourth-order valence-electron chi connectivity index (χ4n) is 5.08. The predicted octanol–water partition coefficient (Wildman–Crippen LogP) is 5.40. The van der Waals surface area contributed by atoms with Crippen LogP contribution in [-0.2, 0) is 13.1 Å². The molecule has 2 aromatic rings. The van der Waals surface area contributed by atoms with Crippen LogP contribution in [0.4, 0.5) is 16.2 Å². The number of anilines is 2. The Morgan fingerprint density at radius 2 is 1.62 bits per heavy atom. The van der Waals surface area contributed by atoms with Crippen LogP contribution in [0.15, 0.2) is 30.5 Å². The van der Waals surface area contributed by atoms with Crippen LogP contribution >= 0.6 is 0 Å². The summed E-state index contributed by atoms with van der Waals surface area (Å²) >= 11 is 0. The van der Waals surface area contributed by atoms with Crippen LogP contribution in [0.2, 0.25) is 0 Å². The summed E-state index contributed by atoms with van der Waals surface area (Å²) in [4.78, 5) is 33.9. The second-order valence-electron chi connectivity index (χ2n) is 10.4. The molecule has 9 nitrogen and oxygen atoms in total. The number of aliphatic hydroxyl groups is 1. The zero-order chi connectivity index (χ0) is 27.9. The summed E-state index contributed by atoms with van der Waals surface area (Å²) in [5.41, 5.74) is 2.19. The van der Waals surface area contributed by atoms with Crippen molar-refractivity contribution >= 4 is 23.3 Å². The van der Waals surface area contributed by atoms with Crippen LogP contribution in [0.25, 0.3) is 0 Å². The molecule has 39 heavy (non-hydrogen) atoms. The van der Waals surface area contributed by atoms with Gasteiger partial charge in [0, 0.05) is 44.1 Å². The van der Waals surface area contributed by atoms with E-state index in [4.69, 9.17) is 0 Å². The average Bonchev–Trinajstić information content (AvgIpc) is 3.38. The summed E-state index contributed by atoms with van der Waals surface area (Å²) < 4.78 is 1.90. The molecular weight excluding hydrogens is 492 g/mol. The summed E-state index contributed by atoms with van der Waals surface area (Å²) in [7, 11) is 0. The van der Waals surface area contributed by atoms with Crippen LogP contribution in [0, 0.1) is 0 Å². The first-order valence-electron chi connectivity index (χ1n) is 14.9. The molecular formula is C30H48N6O3. The fourth-order valence-corrected chi connectivity index (χ4v) is 5.08. The number of imidazole rings is 1. The molecule has 3 rings (SSSR count). The molecule has 2 heterocycles. The van der Waals surface area contributed by atoms with Crippen molar-refractivity contribution < 1.29 is 14.7 Å². The molecule has 1 aromatic heterocycles. The van der Waals surface area contributed by atoms with Crippen LogP contribution in [0.3, 0.4) is 0 Å². The third kappa shape index (κ3) is 9.56. The van der Waals surface area contributed by atoms with Gasteiger partial charge in [-0.25, -0.2) is 9.78 Å². The van der Waals surface area contributed by atoms with Crippen LogP contribution in [0.5, 0.6) is 0 Å². The normalized spacial score (nSPS) is 12.7. The largest absolute Gasteiger partial charge is 0.395 e. The van der Waals surface area contributed by atoms with Crippen molar-refractivity contribution in [3.63, 3.8) is 0 Å². The Labute approximate surface area is 234 Å². The van der Waals surface area contributed by atoms with Crippen molar-refractivity contribution in [3.8, 4) is 0 Å². The number of fused-ring (bicyclic) bond motifs is 1. The maximum atomic E-state index is 13.0. The molecule has 1 aliphatic rings. The Kier molecular flexibility index (Phi) is 13.1. The molecule has 0 spiro atoms. The first-order valence-corrected chi connectivity index (χ1v) is 14.9. The summed E-state index contributed by atoms with van der Waals surface area (Å²) in [6.07, 6.45) is 14.3. The second-order valence-corrected chi connectivity index (χ2v) is 10.4. The maximum absolute atomic E-state index is 13.0. The number of hydrogen-bond donors (Lipinski definition) is 3. The van der Waals surface area contributed by atoms with Crippen molar-refractivity contribution in [2.45, 2.75) is 91.1 Å². The standard InChI is InChI=1S/C30H48N6O3/c1-3-5-6-7-8-9-10-11-12-13-18-31-30(39)35-19-20-36-27(23-32-28(36)24-35)29(38)33-25-14-16-26(17-15-25)34(4-2)21-22-37/h14-17,23,37H,3-13,18-22,24H2,1-2H3,(H,31,39)(H,33,38). The Morgan fingerprint density at radius 1 is 0.949 bits per heavy atom. The molecule has 0 bridgehead atoms. The summed E-state index contributed by atoms with van der Waals surface area (Å²) in [6, 6.07) is 7.54. The molecule has 0 aliphatic carbocycles. The Morgan fingerprint density at radius 3 is 2.26 bits per heavy atom. The molecule has 9 heteroatoms. The number of unbranched alkanes of at least 4 members (excludes halogenated alkanes) is 9. The fraction of sp³-hybridized carbons (Fsp3) is 0.633. The van der Waals surface area contributed by atoms with Gasteiger partial charge < -0.3 is 30.1 Å². The number of likely N-dealkylation sites (N-methyl/N-ethyl adjacent to an activating group) is 1. The lowest BCUT2D eigenvalue weighted by atomic mass is 10.1. The zero-order valence-electron chi connectivity index (χ0n) is 24.0. The molecule has 0 fully saturated rings. The molecule has 0 atom stereocenters. The van der Waals surface area contributed by atoms with Gasteiger partial charge in [-0.1, -0.05) is 64.7 Å². The lowest BCUT2D eigenvalue weighted by molar-refractivity contribution is 0.101. The van der Waals surface area contributed by atoms with E-state index in [2.05, 4.69) is 27.4 Å². The first kappa shape index (κ1) is 30.5. The molecule has 3 amide bonds. The topological polar surface area (TPSA) is 103 Å². The number of aromatic nitrogens is 2. The van der Waals surface area contributed by atoms with Gasteiger partial charge in [0.2, 0.25) is 0 Å². The number of nitrogens with one attached hydrogen (secondary N) is 2. The van der Waals surface area contributed by atoms with Crippen molar-refractivity contribution in [1.82, 2.24) is 19.8 Å².